The molecule has 0 saturated heterocycles. The number of carbonyl (C=O) groups is 3. The number of hydrogen-bond acceptors (Lipinski definition) is 27. The number of nitrogen functional groups attached to an aromatic ring is 4. The van der Waals surface area contributed by atoms with E-state index in [4.69, 9.17) is 33.1 Å². The van der Waals surface area contributed by atoms with Gasteiger partial charge in [-0.2, -0.15) is 20.0 Å². The van der Waals surface area contributed by atoms with Crippen LogP contribution in [0.25, 0.3) is 56.2 Å². The van der Waals surface area contributed by atoms with Crippen LogP contribution < -0.4 is 49.8 Å². The monoisotopic (exact) mass is 1200 g/mol. The van der Waals surface area contributed by atoms with Gasteiger partial charge in [-0.25, -0.2) is 74.6 Å². The first-order chi connectivity index (χ1) is 42.4. The van der Waals surface area contributed by atoms with Crippen LogP contribution in [0.3, 0.4) is 0 Å². The summed E-state index contributed by atoms with van der Waals surface area (Å²) < 4.78 is 7.52. The molecule has 454 valence electrons. The molecule has 88 heavy (non-hydrogen) atoms. The number of aromatic nitrogens is 24. The molecule has 4 aliphatic heterocycles. The highest BCUT2D eigenvalue weighted by molar-refractivity contribution is 5.86. The number of nitrogens with zero attached hydrogens (tertiary/aromatic N) is 24. The third-order valence-corrected chi connectivity index (χ3v) is 12.3. The van der Waals surface area contributed by atoms with Gasteiger partial charge in [-0.05, 0) is 34.6 Å². The Bertz CT molecular complexity index is 4650. The van der Waals surface area contributed by atoms with E-state index < -0.39 is 35.0 Å². The molecule has 39 nitrogen and oxygen atoms in total. The van der Waals surface area contributed by atoms with E-state index in [9.17, 15) is 24.0 Å². The first kappa shape index (κ1) is 61.6. The lowest BCUT2D eigenvalue weighted by Gasteiger charge is -2.22. The number of aliphatic imine (C=N–C) groups is 1. The molecule has 1 atom stereocenters. The summed E-state index contributed by atoms with van der Waals surface area (Å²) in [6, 6.07) is -0.728. The molecule has 1 unspecified atom stereocenters. The molecule has 2 amide bonds. The number of aromatic amines is 4. The van der Waals surface area contributed by atoms with Crippen molar-refractivity contribution in [2.24, 2.45) is 15.0 Å². The molecule has 0 bridgehead atoms. The van der Waals surface area contributed by atoms with Crippen molar-refractivity contribution >= 4 is 98.2 Å². The number of aliphatic carboxylic acids is 2. The fraction of sp³-hybridized carbons (Fsp3) is 0.265. The summed E-state index contributed by atoms with van der Waals surface area (Å²) in [6.45, 7) is 14.4. The van der Waals surface area contributed by atoms with Crippen LogP contribution in [0.5, 0.6) is 0 Å². The Morgan fingerprint density at radius 3 is 2.01 bits per heavy atom. The maximum absolute atomic E-state index is 11.5. The Kier molecular flexibility index (Phi) is 19.7. The molecule has 10 aromatic rings. The van der Waals surface area contributed by atoms with E-state index in [1.54, 1.807) is 31.4 Å². The summed E-state index contributed by atoms with van der Waals surface area (Å²) in [4.78, 5) is 141. The van der Waals surface area contributed by atoms with Gasteiger partial charge in [0.25, 0.3) is 11.1 Å². The van der Waals surface area contributed by atoms with Crippen molar-refractivity contribution in [1.82, 2.24) is 118 Å². The summed E-state index contributed by atoms with van der Waals surface area (Å²) in [6.07, 6.45) is 19.5. The Hall–Kier alpha value is -12.5. The van der Waals surface area contributed by atoms with Crippen molar-refractivity contribution in [1.29, 1.82) is 0 Å². The molecule has 14 N–H and O–H groups in total. The molecule has 0 radical (unpaired) electrons. The largest absolute Gasteiger partial charge is 0.481 e. The van der Waals surface area contributed by atoms with Crippen LogP contribution in [0.15, 0.2) is 93.9 Å². The summed E-state index contributed by atoms with van der Waals surface area (Å²) in [7, 11) is 0. The number of rotatable bonds is 9. The second-order valence-electron chi connectivity index (χ2n) is 17.9. The summed E-state index contributed by atoms with van der Waals surface area (Å²) >= 11 is 0. The lowest BCUT2D eigenvalue weighted by atomic mass is 10.2. The van der Waals surface area contributed by atoms with Gasteiger partial charge in [0.1, 0.15) is 65.3 Å². The number of fused-ring (bicyclic) bond motifs is 7. The number of imidazole rings is 6. The normalized spacial score (nSPS) is 12.0. The number of carboxylic acid groups (broad SMARTS) is 2. The van der Waals surface area contributed by atoms with Crippen LogP contribution in [0.4, 0.5) is 34.1 Å². The van der Waals surface area contributed by atoms with E-state index in [-0.39, 0.29) is 58.5 Å². The predicted molar refractivity (Wildman–Crippen MR) is 315 cm³/mol. The second-order valence-corrected chi connectivity index (χ2v) is 17.9. The second kappa shape index (κ2) is 28.2. The Morgan fingerprint density at radius 1 is 0.625 bits per heavy atom. The van der Waals surface area contributed by atoms with Crippen molar-refractivity contribution in [3.8, 4) is 11.5 Å². The minimum Gasteiger partial charge on any atom is -0.481 e. The fourth-order valence-electron chi connectivity index (χ4n) is 7.87. The van der Waals surface area contributed by atoms with Gasteiger partial charge in [0.15, 0.2) is 62.2 Å². The van der Waals surface area contributed by atoms with Crippen molar-refractivity contribution in [3.05, 3.63) is 112 Å². The summed E-state index contributed by atoms with van der Waals surface area (Å²) in [5.41, 5.74) is 27.1. The average molecular weight is 1210 g/mol. The maximum Gasteiger partial charge on any atom is 0.370 e. The number of hydrogen-bond donors (Lipinski definition) is 10. The lowest BCUT2D eigenvalue weighted by molar-refractivity contribution is -0.139. The molecule has 0 aliphatic carbocycles. The molecular formula is C49H56N32O7. The predicted octanol–water partition coefficient (Wildman–Crippen LogP) is -0.277. The van der Waals surface area contributed by atoms with E-state index in [0.29, 0.717) is 28.1 Å². The summed E-state index contributed by atoms with van der Waals surface area (Å²) in [5, 5.41) is 17.3. The molecule has 4 aliphatic rings. The number of urea groups is 1. The number of H-pyrrole nitrogens is 4. The van der Waals surface area contributed by atoms with E-state index in [0.717, 1.165) is 67.0 Å². The Morgan fingerprint density at radius 2 is 1.30 bits per heavy atom. The standard InChI is InChI=1S/C9H14N4.C8H9N5O3.C8H9N5O2.2C7H8N4.C5H3N5O2.C5H5N5/c1-3-12-7-11-9-8(12)5-10-6-13(9)4-2;9-8-11-6-5(7(16)12-8)13(3-10-6)2-1-4(14)15;1-3(8(14)15)6-12-5(9)4-7(13-6)11-2-10-4;1-2-11-5-8-3-6-7(11)10-4-9-6;1-2-11-5-10-7-6(11)3-8-4-9-7;6-4-8-2-1(3(11)10-4)7-5(12)9-2;6-4-3-5(9-1-7-3)10-2-8-4/h5,7H,3-4,6H2,1-2H3;3H,1-2H2,(H,14,15)(H3,9,11,12,16);2-3H,1H3,(H,14,15)(H3,9,10,11,12,13);2*3-5H,2H2,1H3;(H3,6,8,9,10,11,12);1-2H,(H3,6,7,8,9,10). The minimum absolute atomic E-state index is 0.0127. The van der Waals surface area contributed by atoms with E-state index in [1.165, 1.54) is 43.1 Å². The van der Waals surface area contributed by atoms with Gasteiger partial charge in [-0.3, -0.25) is 34.1 Å². The van der Waals surface area contributed by atoms with Gasteiger partial charge in [0, 0.05) is 32.7 Å². The Balaban J connectivity index is 0.000000134. The molecule has 10 aromatic heterocycles. The molecule has 14 heterocycles. The quantitative estimate of drug-likeness (QED) is 0.0888. The molecule has 0 fully saturated rings. The van der Waals surface area contributed by atoms with Crippen LogP contribution in [-0.2, 0) is 35.8 Å². The van der Waals surface area contributed by atoms with Gasteiger partial charge >= 0.3 is 18.0 Å². The topological polar surface area (TPSA) is 559 Å². The van der Waals surface area contributed by atoms with Gasteiger partial charge in [0.2, 0.25) is 11.9 Å². The number of carboxylic acids is 2. The van der Waals surface area contributed by atoms with Crippen LogP contribution in [0, 0.1) is 0 Å². The third kappa shape index (κ3) is 14.6. The molecule has 14 rings (SSSR count). The molecule has 39 heteroatoms. The van der Waals surface area contributed by atoms with Crippen molar-refractivity contribution in [2.75, 3.05) is 41.0 Å². The molecule has 0 saturated carbocycles. The number of aryl methyl sites for hydroxylation is 4. The number of carbonyl (C=O) groups excluding carboxylic acids is 1. The zero-order valence-corrected chi connectivity index (χ0v) is 47.4. The van der Waals surface area contributed by atoms with E-state index in [1.807, 2.05) is 21.7 Å². The molecule has 0 aromatic carbocycles. The summed E-state index contributed by atoms with van der Waals surface area (Å²) in [5.74, 6) is -0.0442. The van der Waals surface area contributed by atoms with Crippen LogP contribution in [0.1, 0.15) is 58.5 Å². The van der Waals surface area contributed by atoms with Crippen molar-refractivity contribution in [3.63, 3.8) is 0 Å². The highest BCUT2D eigenvalue weighted by Gasteiger charge is 2.20. The number of anilines is 5. The molecule has 0 spiro atoms. The maximum atomic E-state index is 11.5. The van der Waals surface area contributed by atoms with E-state index in [2.05, 4.69) is 152 Å². The van der Waals surface area contributed by atoms with Crippen molar-refractivity contribution < 1.29 is 24.6 Å². The highest BCUT2D eigenvalue weighted by atomic mass is 16.4. The zero-order chi connectivity index (χ0) is 63.0. The third-order valence-electron chi connectivity index (χ3n) is 12.3. The van der Waals surface area contributed by atoms with Crippen LogP contribution in [-0.4, -0.2) is 166 Å². The number of amides is 2. The smallest absolute Gasteiger partial charge is 0.370 e. The SMILES string of the molecule is CC(C(=O)O)c1nc(N)c2[nH]cnc2n1.CCN1CN=Cc2c1ncn2CC.CCn1cnc2ncncc21.CCn1cncc2ncnc1-2.Nc1nc2c(c(=O)[nH]1)=NC(=O)N=2.Nc1nc2ncn(CCC(=O)O)c2c(=O)[nH]1.Nc1ncnc2nc[nH]c12. The minimum atomic E-state index is -0.996. The van der Waals surface area contributed by atoms with E-state index >= 15 is 0 Å². The number of nitrogens with two attached hydrogens (primary N) is 4. The van der Waals surface area contributed by atoms with Gasteiger partial charge in [-0.1, -0.05) is 0 Å². The average Bonchev–Trinajstić information content (AvgIpc) is 4.48. The highest BCUT2D eigenvalue weighted by Crippen LogP contribution is 2.21. The molecular weight excluding hydrogens is 1150 g/mol. The first-order valence-corrected chi connectivity index (χ1v) is 26.3. The van der Waals surface area contributed by atoms with Crippen LogP contribution >= 0.6 is 0 Å². The van der Waals surface area contributed by atoms with Crippen molar-refractivity contribution in [2.45, 2.75) is 73.1 Å². The first-order valence-electron chi connectivity index (χ1n) is 26.3. The zero-order valence-electron chi connectivity index (χ0n) is 47.4. The number of nitrogens with one attached hydrogen (secondary N) is 4. The van der Waals surface area contributed by atoms with Gasteiger partial charge < -0.3 is 66.3 Å². The van der Waals surface area contributed by atoms with Gasteiger partial charge in [-0.15, -0.1) is 0 Å². The lowest BCUT2D eigenvalue weighted by Crippen LogP contribution is -2.41. The van der Waals surface area contributed by atoms with Crippen LogP contribution in [0.2, 0.25) is 0 Å². The Labute approximate surface area is 492 Å². The fourth-order valence-corrected chi connectivity index (χ4v) is 7.87. The van der Waals surface area contributed by atoms with Gasteiger partial charge in [0.05, 0.1) is 63.0 Å².